The summed E-state index contributed by atoms with van der Waals surface area (Å²) in [7, 11) is 0. The summed E-state index contributed by atoms with van der Waals surface area (Å²) in [5.41, 5.74) is 0.413. The molecule has 1 rings (SSSR count). The van der Waals surface area contributed by atoms with Crippen LogP contribution in [0.25, 0.3) is 0 Å². The Labute approximate surface area is 110 Å². The van der Waals surface area contributed by atoms with Crippen molar-refractivity contribution in [3.8, 4) is 5.75 Å². The third-order valence-corrected chi connectivity index (χ3v) is 3.10. The molecule has 18 heavy (non-hydrogen) atoms. The first kappa shape index (κ1) is 14.8. The van der Waals surface area contributed by atoms with Crippen LogP contribution in [-0.4, -0.2) is 28.6 Å². The molecule has 0 aliphatic carbocycles. The van der Waals surface area contributed by atoms with Crippen molar-refractivity contribution in [3.63, 3.8) is 0 Å². The smallest absolute Gasteiger partial charge is 0.270 e. The van der Waals surface area contributed by atoms with E-state index in [-0.39, 0.29) is 5.69 Å². The van der Waals surface area contributed by atoms with Crippen molar-refractivity contribution in [3.05, 3.63) is 33.9 Å². The average Bonchev–Trinajstić information content (AvgIpc) is 2.34. The van der Waals surface area contributed by atoms with Gasteiger partial charge in [0.15, 0.2) is 0 Å². The number of hydrogen-bond donors (Lipinski definition) is 1. The molecular formula is C12H17NO4S. The van der Waals surface area contributed by atoms with Gasteiger partial charge < -0.3 is 9.84 Å². The van der Waals surface area contributed by atoms with E-state index < -0.39 is 11.0 Å². The molecule has 1 unspecified atom stereocenters. The predicted molar refractivity (Wildman–Crippen MR) is 72.2 cm³/mol. The van der Waals surface area contributed by atoms with Gasteiger partial charge in [0.2, 0.25) is 0 Å². The topological polar surface area (TPSA) is 72.6 Å². The van der Waals surface area contributed by atoms with E-state index in [1.807, 2.05) is 6.26 Å². The van der Waals surface area contributed by atoms with Crippen LogP contribution in [0.1, 0.15) is 25.0 Å². The van der Waals surface area contributed by atoms with Crippen molar-refractivity contribution >= 4 is 17.4 Å². The fourth-order valence-electron chi connectivity index (χ4n) is 1.49. The van der Waals surface area contributed by atoms with E-state index in [1.54, 1.807) is 24.8 Å². The van der Waals surface area contributed by atoms with Crippen LogP contribution in [0.15, 0.2) is 18.2 Å². The van der Waals surface area contributed by atoms with Crippen molar-refractivity contribution in [2.45, 2.75) is 19.4 Å². The predicted octanol–water partition coefficient (Wildman–Crippen LogP) is 2.78. The maximum Gasteiger partial charge on any atom is 0.270 e. The summed E-state index contributed by atoms with van der Waals surface area (Å²) in [5.74, 6) is 1.51. The highest BCUT2D eigenvalue weighted by atomic mass is 32.2. The van der Waals surface area contributed by atoms with E-state index in [1.165, 1.54) is 12.1 Å². The zero-order valence-electron chi connectivity index (χ0n) is 10.5. The van der Waals surface area contributed by atoms with Gasteiger partial charge in [0.25, 0.3) is 5.69 Å². The van der Waals surface area contributed by atoms with Crippen molar-refractivity contribution in [2.24, 2.45) is 0 Å². The van der Waals surface area contributed by atoms with Crippen molar-refractivity contribution in [1.82, 2.24) is 0 Å². The average molecular weight is 271 g/mol. The number of rotatable bonds is 7. The van der Waals surface area contributed by atoms with Gasteiger partial charge in [0.05, 0.1) is 17.6 Å². The molecule has 5 nitrogen and oxygen atoms in total. The minimum atomic E-state index is -0.791. The second-order valence-electron chi connectivity index (χ2n) is 3.85. The molecule has 0 aliphatic heterocycles. The normalized spacial score (nSPS) is 12.2. The Morgan fingerprint density at radius 1 is 1.56 bits per heavy atom. The fraction of sp³-hybridized carbons (Fsp3) is 0.500. The molecule has 0 heterocycles. The Bertz CT molecular complexity index is 409. The van der Waals surface area contributed by atoms with Crippen LogP contribution in [0.4, 0.5) is 5.69 Å². The van der Waals surface area contributed by atoms with Crippen LogP contribution in [0.5, 0.6) is 5.75 Å². The summed E-state index contributed by atoms with van der Waals surface area (Å²) in [6.07, 6.45) is 2.13. The number of nitro benzene ring substituents is 1. The Balaban J connectivity index is 2.80. The monoisotopic (exact) mass is 271 g/mol. The third-order valence-electron chi connectivity index (χ3n) is 2.40. The number of ether oxygens (including phenoxy) is 1. The van der Waals surface area contributed by atoms with Gasteiger partial charge in [0.1, 0.15) is 5.75 Å². The van der Waals surface area contributed by atoms with Crippen LogP contribution < -0.4 is 4.74 Å². The van der Waals surface area contributed by atoms with Gasteiger partial charge in [0, 0.05) is 17.7 Å². The molecule has 0 bridgehead atoms. The first-order chi connectivity index (χ1) is 8.56. The summed E-state index contributed by atoms with van der Waals surface area (Å²) in [6, 6.07) is 4.28. The lowest BCUT2D eigenvalue weighted by Crippen LogP contribution is -2.04. The molecule has 0 radical (unpaired) electrons. The van der Waals surface area contributed by atoms with E-state index >= 15 is 0 Å². The second-order valence-corrected chi connectivity index (χ2v) is 4.84. The minimum absolute atomic E-state index is 0.0395. The number of nitro groups is 1. The van der Waals surface area contributed by atoms with E-state index in [0.29, 0.717) is 17.9 Å². The van der Waals surface area contributed by atoms with Gasteiger partial charge in [-0.1, -0.05) is 0 Å². The van der Waals surface area contributed by atoms with E-state index in [2.05, 4.69) is 0 Å². The Morgan fingerprint density at radius 3 is 2.83 bits per heavy atom. The summed E-state index contributed by atoms with van der Waals surface area (Å²) >= 11 is 1.73. The van der Waals surface area contributed by atoms with Crippen molar-refractivity contribution < 1.29 is 14.8 Å². The molecule has 0 saturated heterocycles. The number of thioether (sulfide) groups is 1. The zero-order valence-corrected chi connectivity index (χ0v) is 11.3. The fourth-order valence-corrected chi connectivity index (χ4v) is 1.90. The minimum Gasteiger partial charge on any atom is -0.493 e. The molecular weight excluding hydrogens is 254 g/mol. The Kier molecular flexibility index (Phi) is 5.94. The quantitative estimate of drug-likeness (QED) is 0.469. The van der Waals surface area contributed by atoms with E-state index in [0.717, 1.165) is 12.2 Å². The number of aliphatic hydroxyl groups is 1. The lowest BCUT2D eigenvalue weighted by Gasteiger charge is -2.13. The molecule has 6 heteroatoms. The van der Waals surface area contributed by atoms with Crippen LogP contribution >= 0.6 is 11.8 Å². The molecule has 1 N–H and O–H groups in total. The molecule has 0 amide bonds. The Hall–Kier alpha value is -1.27. The standard InChI is InChI=1S/C12H17NO4S/c1-9(14)11-8-10(13(15)16)4-5-12(11)17-6-3-7-18-2/h4-5,8-9,14H,3,6-7H2,1-2H3. The first-order valence-corrected chi connectivity index (χ1v) is 7.03. The van der Waals surface area contributed by atoms with Crippen molar-refractivity contribution in [2.75, 3.05) is 18.6 Å². The van der Waals surface area contributed by atoms with Crippen LogP contribution in [0.2, 0.25) is 0 Å². The second kappa shape index (κ2) is 7.23. The van der Waals surface area contributed by atoms with E-state index in [4.69, 9.17) is 4.74 Å². The van der Waals surface area contributed by atoms with Gasteiger partial charge >= 0.3 is 0 Å². The third kappa shape index (κ3) is 4.19. The van der Waals surface area contributed by atoms with Crippen LogP contribution in [0.3, 0.4) is 0 Å². The molecule has 0 spiro atoms. The molecule has 0 aliphatic rings. The SMILES string of the molecule is CSCCCOc1ccc([N+](=O)[O-])cc1C(C)O. The molecule has 1 aromatic carbocycles. The largest absolute Gasteiger partial charge is 0.493 e. The molecule has 0 fully saturated rings. The maximum absolute atomic E-state index is 10.7. The highest BCUT2D eigenvalue weighted by Gasteiger charge is 2.15. The van der Waals surface area contributed by atoms with Gasteiger partial charge in [-0.05, 0) is 31.4 Å². The van der Waals surface area contributed by atoms with Gasteiger partial charge in [-0.2, -0.15) is 11.8 Å². The maximum atomic E-state index is 10.7. The highest BCUT2D eigenvalue weighted by Crippen LogP contribution is 2.29. The molecule has 0 saturated carbocycles. The number of non-ortho nitro benzene ring substituents is 1. The van der Waals surface area contributed by atoms with E-state index in [9.17, 15) is 15.2 Å². The molecule has 100 valence electrons. The molecule has 1 atom stereocenters. The zero-order chi connectivity index (χ0) is 13.5. The summed E-state index contributed by atoms with van der Waals surface area (Å²) in [5, 5.41) is 20.3. The van der Waals surface area contributed by atoms with Crippen LogP contribution in [0, 0.1) is 10.1 Å². The lowest BCUT2D eigenvalue weighted by atomic mass is 10.1. The van der Waals surface area contributed by atoms with Gasteiger partial charge in [-0.15, -0.1) is 0 Å². The molecule has 0 aromatic heterocycles. The number of aliphatic hydroxyl groups excluding tert-OH is 1. The van der Waals surface area contributed by atoms with Gasteiger partial charge in [-0.3, -0.25) is 10.1 Å². The highest BCUT2D eigenvalue weighted by molar-refractivity contribution is 7.98. The summed E-state index contributed by atoms with van der Waals surface area (Å²) in [4.78, 5) is 10.2. The number of hydrogen-bond acceptors (Lipinski definition) is 5. The summed E-state index contributed by atoms with van der Waals surface area (Å²) < 4.78 is 5.54. The lowest BCUT2D eigenvalue weighted by molar-refractivity contribution is -0.385. The van der Waals surface area contributed by atoms with Gasteiger partial charge in [-0.25, -0.2) is 0 Å². The first-order valence-electron chi connectivity index (χ1n) is 5.64. The summed E-state index contributed by atoms with van der Waals surface area (Å²) in [6.45, 7) is 2.10. The van der Waals surface area contributed by atoms with Crippen molar-refractivity contribution in [1.29, 1.82) is 0 Å². The Morgan fingerprint density at radius 2 is 2.28 bits per heavy atom. The number of nitrogens with zero attached hydrogens (tertiary/aromatic N) is 1. The number of benzene rings is 1. The molecule has 1 aromatic rings. The van der Waals surface area contributed by atoms with Crippen LogP contribution in [-0.2, 0) is 0 Å².